The van der Waals surface area contributed by atoms with Crippen LogP contribution in [0.4, 0.5) is 10.5 Å². The average molecular weight is 292 g/mol. The summed E-state index contributed by atoms with van der Waals surface area (Å²) in [5.41, 5.74) is 1.61. The van der Waals surface area contributed by atoms with Crippen LogP contribution in [0.15, 0.2) is 24.3 Å². The lowest BCUT2D eigenvalue weighted by Gasteiger charge is -2.07. The summed E-state index contributed by atoms with van der Waals surface area (Å²) >= 11 is 0. The third-order valence-electron chi connectivity index (χ3n) is 3.30. The van der Waals surface area contributed by atoms with Crippen molar-refractivity contribution in [2.45, 2.75) is 26.0 Å². The van der Waals surface area contributed by atoms with E-state index in [1.54, 1.807) is 12.1 Å². The summed E-state index contributed by atoms with van der Waals surface area (Å²) < 4.78 is 9.90. The zero-order valence-electron chi connectivity index (χ0n) is 12.2. The Bertz CT molecular complexity index is 501. The lowest BCUT2D eigenvalue weighted by molar-refractivity contribution is -0.123. The summed E-state index contributed by atoms with van der Waals surface area (Å²) in [7, 11) is 1.31. The predicted octanol–water partition coefficient (Wildman–Crippen LogP) is 1.91. The molecule has 21 heavy (non-hydrogen) atoms. The number of amides is 2. The second kappa shape index (κ2) is 7.08. The number of hydrogen-bond acceptors (Lipinski definition) is 4. The van der Waals surface area contributed by atoms with Crippen LogP contribution in [0.1, 0.15) is 18.9 Å². The SMILES string of the molecule is CCOC1CC1C(=O)NCc1ccc(NC(=O)OC)cc1. The van der Waals surface area contributed by atoms with Gasteiger partial charge < -0.3 is 14.8 Å². The highest BCUT2D eigenvalue weighted by Gasteiger charge is 2.43. The first-order valence-corrected chi connectivity index (χ1v) is 6.97. The number of methoxy groups -OCH3 is 1. The van der Waals surface area contributed by atoms with E-state index in [1.165, 1.54) is 7.11 Å². The number of rotatable bonds is 6. The molecule has 0 radical (unpaired) electrons. The van der Waals surface area contributed by atoms with Crippen LogP contribution >= 0.6 is 0 Å². The Balaban J connectivity index is 1.76. The van der Waals surface area contributed by atoms with Gasteiger partial charge in [-0.2, -0.15) is 0 Å². The largest absolute Gasteiger partial charge is 0.453 e. The Morgan fingerprint density at radius 3 is 2.62 bits per heavy atom. The number of ether oxygens (including phenoxy) is 2. The second-order valence-corrected chi connectivity index (χ2v) is 4.87. The fraction of sp³-hybridized carbons (Fsp3) is 0.467. The number of hydrogen-bond donors (Lipinski definition) is 2. The van der Waals surface area contributed by atoms with Gasteiger partial charge in [-0.05, 0) is 31.0 Å². The molecule has 2 rings (SSSR count). The highest BCUT2D eigenvalue weighted by atomic mass is 16.5. The van der Waals surface area contributed by atoms with Crippen LogP contribution in [0.5, 0.6) is 0 Å². The van der Waals surface area contributed by atoms with Gasteiger partial charge in [-0.25, -0.2) is 4.79 Å². The molecule has 2 N–H and O–H groups in total. The van der Waals surface area contributed by atoms with Gasteiger partial charge in [-0.15, -0.1) is 0 Å². The average Bonchev–Trinajstić information content (AvgIpc) is 3.26. The van der Waals surface area contributed by atoms with Crippen LogP contribution < -0.4 is 10.6 Å². The Labute approximate surface area is 123 Å². The molecule has 0 saturated heterocycles. The van der Waals surface area contributed by atoms with Gasteiger partial charge in [0.25, 0.3) is 0 Å². The highest BCUT2D eigenvalue weighted by Crippen LogP contribution is 2.33. The van der Waals surface area contributed by atoms with Gasteiger partial charge in [0.1, 0.15) is 0 Å². The van der Waals surface area contributed by atoms with Crippen LogP contribution in [0.25, 0.3) is 0 Å². The molecule has 0 aromatic heterocycles. The third-order valence-corrected chi connectivity index (χ3v) is 3.30. The standard InChI is InChI=1S/C15H20N2O4/c1-3-21-13-8-12(13)14(18)16-9-10-4-6-11(7-5-10)17-15(19)20-2/h4-7,12-13H,3,8-9H2,1-2H3,(H,16,18)(H,17,19). The Hall–Kier alpha value is -2.08. The van der Waals surface area contributed by atoms with E-state index in [-0.39, 0.29) is 17.9 Å². The van der Waals surface area contributed by atoms with E-state index in [0.29, 0.717) is 18.8 Å². The van der Waals surface area contributed by atoms with E-state index >= 15 is 0 Å². The molecule has 0 bridgehead atoms. The molecule has 0 heterocycles. The number of anilines is 1. The minimum Gasteiger partial charge on any atom is -0.453 e. The van der Waals surface area contributed by atoms with Gasteiger partial charge in [0.15, 0.2) is 0 Å². The van der Waals surface area contributed by atoms with Crippen molar-refractivity contribution < 1.29 is 19.1 Å². The predicted molar refractivity (Wildman–Crippen MR) is 77.8 cm³/mol. The van der Waals surface area contributed by atoms with Crippen molar-refractivity contribution in [1.29, 1.82) is 0 Å². The summed E-state index contributed by atoms with van der Waals surface area (Å²) in [6.07, 6.45) is 0.384. The molecule has 2 amide bonds. The normalized spacial score (nSPS) is 19.7. The van der Waals surface area contributed by atoms with Crippen LogP contribution in [0.3, 0.4) is 0 Å². The van der Waals surface area contributed by atoms with Crippen molar-refractivity contribution in [3.8, 4) is 0 Å². The smallest absolute Gasteiger partial charge is 0.411 e. The Morgan fingerprint density at radius 2 is 2.00 bits per heavy atom. The monoisotopic (exact) mass is 292 g/mol. The molecule has 6 nitrogen and oxygen atoms in total. The van der Waals surface area contributed by atoms with E-state index in [1.807, 2.05) is 19.1 Å². The maximum absolute atomic E-state index is 11.9. The van der Waals surface area contributed by atoms with Crippen molar-refractivity contribution in [2.75, 3.05) is 19.0 Å². The van der Waals surface area contributed by atoms with Gasteiger partial charge in [0.05, 0.1) is 19.1 Å². The summed E-state index contributed by atoms with van der Waals surface area (Å²) in [6, 6.07) is 7.22. The zero-order valence-corrected chi connectivity index (χ0v) is 12.2. The number of carbonyl (C=O) groups is 2. The van der Waals surface area contributed by atoms with Crippen LogP contribution in [0.2, 0.25) is 0 Å². The molecule has 2 unspecified atom stereocenters. The molecule has 114 valence electrons. The fourth-order valence-electron chi connectivity index (χ4n) is 2.04. The summed E-state index contributed by atoms with van der Waals surface area (Å²) in [5.74, 6) is 0.0235. The molecule has 1 aliphatic carbocycles. The minimum absolute atomic E-state index is 0.00906. The van der Waals surface area contributed by atoms with Crippen LogP contribution in [0, 0.1) is 5.92 Å². The molecule has 1 aliphatic rings. The Kier molecular flexibility index (Phi) is 5.16. The number of carbonyl (C=O) groups excluding carboxylic acids is 2. The minimum atomic E-state index is -0.508. The van der Waals surface area contributed by atoms with Gasteiger partial charge >= 0.3 is 6.09 Å². The molecule has 1 aromatic rings. The molecule has 2 atom stereocenters. The van der Waals surface area contributed by atoms with Crippen LogP contribution in [-0.4, -0.2) is 31.8 Å². The molecule has 1 saturated carbocycles. The van der Waals surface area contributed by atoms with E-state index in [0.717, 1.165) is 12.0 Å². The van der Waals surface area contributed by atoms with E-state index in [4.69, 9.17) is 4.74 Å². The second-order valence-electron chi connectivity index (χ2n) is 4.87. The van der Waals surface area contributed by atoms with Crippen LogP contribution in [-0.2, 0) is 20.8 Å². The lowest BCUT2D eigenvalue weighted by atomic mass is 10.2. The molecule has 1 fully saturated rings. The molecule has 1 aromatic carbocycles. The molecule has 0 aliphatic heterocycles. The van der Waals surface area contributed by atoms with E-state index < -0.39 is 6.09 Å². The van der Waals surface area contributed by atoms with Crippen molar-refractivity contribution in [3.05, 3.63) is 29.8 Å². The first-order chi connectivity index (χ1) is 10.1. The molecular formula is C15H20N2O4. The highest BCUT2D eigenvalue weighted by molar-refractivity contribution is 5.84. The maximum Gasteiger partial charge on any atom is 0.411 e. The third kappa shape index (κ3) is 4.46. The number of benzene rings is 1. The zero-order chi connectivity index (χ0) is 15.2. The maximum atomic E-state index is 11.9. The first kappa shape index (κ1) is 15.3. The van der Waals surface area contributed by atoms with E-state index in [9.17, 15) is 9.59 Å². The number of nitrogens with one attached hydrogen (secondary N) is 2. The quantitative estimate of drug-likeness (QED) is 0.839. The van der Waals surface area contributed by atoms with Crippen molar-refractivity contribution in [3.63, 3.8) is 0 Å². The van der Waals surface area contributed by atoms with Gasteiger partial charge in [-0.3, -0.25) is 10.1 Å². The lowest BCUT2D eigenvalue weighted by Crippen LogP contribution is -2.26. The van der Waals surface area contributed by atoms with Crippen molar-refractivity contribution in [1.82, 2.24) is 5.32 Å². The topological polar surface area (TPSA) is 76.7 Å². The first-order valence-electron chi connectivity index (χ1n) is 6.97. The Morgan fingerprint density at radius 1 is 1.29 bits per heavy atom. The van der Waals surface area contributed by atoms with Gasteiger partial charge in [0, 0.05) is 18.8 Å². The molecular weight excluding hydrogens is 272 g/mol. The van der Waals surface area contributed by atoms with Crippen molar-refractivity contribution >= 4 is 17.7 Å². The molecule has 6 heteroatoms. The summed E-state index contributed by atoms with van der Waals surface area (Å²) in [5, 5.41) is 5.46. The summed E-state index contributed by atoms with van der Waals surface area (Å²) in [4.78, 5) is 22.9. The summed E-state index contributed by atoms with van der Waals surface area (Å²) in [6.45, 7) is 3.03. The van der Waals surface area contributed by atoms with Crippen molar-refractivity contribution in [2.24, 2.45) is 5.92 Å². The van der Waals surface area contributed by atoms with E-state index in [2.05, 4.69) is 15.4 Å². The van der Waals surface area contributed by atoms with Gasteiger partial charge in [-0.1, -0.05) is 12.1 Å². The fourth-order valence-corrected chi connectivity index (χ4v) is 2.04. The van der Waals surface area contributed by atoms with Gasteiger partial charge in [0.2, 0.25) is 5.91 Å². The molecule has 0 spiro atoms.